The van der Waals surface area contributed by atoms with Crippen LogP contribution in [0, 0.1) is 0 Å². The first-order valence-electron chi connectivity index (χ1n) is 7.10. The maximum Gasteiger partial charge on any atom is 0.326 e. The summed E-state index contributed by atoms with van der Waals surface area (Å²) in [5, 5.41) is 14.1. The Bertz CT molecular complexity index is 388. The molecule has 1 fully saturated rings. The van der Waals surface area contributed by atoms with E-state index in [1.807, 2.05) is 6.92 Å². The molecule has 0 aromatic carbocycles. The number of aliphatic carboxylic acids is 1. The zero-order chi connectivity index (χ0) is 15.8. The van der Waals surface area contributed by atoms with E-state index < -0.39 is 24.1 Å². The second-order valence-corrected chi connectivity index (χ2v) is 4.88. The lowest BCUT2D eigenvalue weighted by molar-refractivity contribution is -0.139. The van der Waals surface area contributed by atoms with Crippen molar-refractivity contribution in [2.24, 2.45) is 0 Å². The molecule has 1 heterocycles. The van der Waals surface area contributed by atoms with Crippen molar-refractivity contribution in [2.45, 2.75) is 38.3 Å². The monoisotopic (exact) mass is 301 g/mol. The lowest BCUT2D eigenvalue weighted by Crippen LogP contribution is -2.59. The van der Waals surface area contributed by atoms with Gasteiger partial charge in [0.1, 0.15) is 12.1 Å². The predicted molar refractivity (Wildman–Crippen MR) is 74.9 cm³/mol. The number of nitrogens with zero attached hydrogens (tertiary/aromatic N) is 1. The summed E-state index contributed by atoms with van der Waals surface area (Å²) in [5.41, 5.74) is 0. The average Bonchev–Trinajstić information content (AvgIpc) is 2.50. The normalized spacial score (nSPS) is 19.7. The predicted octanol–water partition coefficient (Wildman–Crippen LogP) is -0.214. The Morgan fingerprint density at radius 2 is 2.14 bits per heavy atom. The van der Waals surface area contributed by atoms with Crippen LogP contribution in [-0.2, 0) is 14.3 Å². The third-order valence-electron chi connectivity index (χ3n) is 3.38. The minimum Gasteiger partial charge on any atom is -0.480 e. The molecule has 21 heavy (non-hydrogen) atoms. The first kappa shape index (κ1) is 17.2. The highest BCUT2D eigenvalue weighted by Crippen LogP contribution is 2.09. The molecule has 1 rings (SSSR count). The molecule has 1 aliphatic heterocycles. The lowest BCUT2D eigenvalue weighted by Gasteiger charge is -2.34. The van der Waals surface area contributed by atoms with Gasteiger partial charge in [-0.2, -0.15) is 0 Å². The topological polar surface area (TPSA) is 108 Å². The van der Waals surface area contributed by atoms with Crippen LogP contribution in [-0.4, -0.2) is 66.8 Å². The van der Waals surface area contributed by atoms with Crippen molar-refractivity contribution in [3.63, 3.8) is 0 Å². The summed E-state index contributed by atoms with van der Waals surface area (Å²) in [5.74, 6) is -1.40. The van der Waals surface area contributed by atoms with Crippen LogP contribution in [0.1, 0.15) is 26.2 Å². The first-order valence-corrected chi connectivity index (χ1v) is 7.10. The number of carbonyl (C=O) groups excluding carboxylic acids is 2. The molecule has 0 aromatic heterocycles. The number of hydrogen-bond donors (Lipinski definition) is 3. The van der Waals surface area contributed by atoms with Crippen LogP contribution in [0.25, 0.3) is 0 Å². The van der Waals surface area contributed by atoms with Crippen LogP contribution in [0.15, 0.2) is 0 Å². The second kappa shape index (κ2) is 8.46. The van der Waals surface area contributed by atoms with Gasteiger partial charge < -0.3 is 25.4 Å². The van der Waals surface area contributed by atoms with Crippen LogP contribution in [0.3, 0.4) is 0 Å². The molecule has 0 radical (unpaired) electrons. The van der Waals surface area contributed by atoms with Crippen molar-refractivity contribution in [1.29, 1.82) is 0 Å². The summed E-state index contributed by atoms with van der Waals surface area (Å²) < 4.78 is 5.20. The SMILES string of the molecule is CCCCC(NC(=O)N1CCOCC1C(=O)NC)C(=O)O. The number of likely N-dealkylation sites (N-methyl/N-ethyl adjacent to an activating group) is 1. The third kappa shape index (κ3) is 4.89. The van der Waals surface area contributed by atoms with Crippen molar-refractivity contribution in [3.8, 4) is 0 Å². The van der Waals surface area contributed by atoms with Crippen LogP contribution >= 0.6 is 0 Å². The van der Waals surface area contributed by atoms with Gasteiger partial charge in [-0.3, -0.25) is 4.79 Å². The Kier molecular flexibility index (Phi) is 6.93. The smallest absolute Gasteiger partial charge is 0.326 e. The number of unbranched alkanes of at least 4 members (excludes halogenated alkanes) is 1. The van der Waals surface area contributed by atoms with Crippen LogP contribution in [0.5, 0.6) is 0 Å². The molecule has 2 atom stereocenters. The van der Waals surface area contributed by atoms with Crippen molar-refractivity contribution in [2.75, 3.05) is 26.8 Å². The van der Waals surface area contributed by atoms with E-state index in [9.17, 15) is 14.4 Å². The number of hydrogen-bond acceptors (Lipinski definition) is 4. The number of rotatable bonds is 6. The number of carbonyl (C=O) groups is 3. The van der Waals surface area contributed by atoms with Gasteiger partial charge in [-0.05, 0) is 6.42 Å². The molecular weight excluding hydrogens is 278 g/mol. The molecule has 0 bridgehead atoms. The van der Waals surface area contributed by atoms with Gasteiger partial charge in [0.2, 0.25) is 5.91 Å². The molecular formula is C13H23N3O5. The van der Waals surface area contributed by atoms with E-state index in [1.165, 1.54) is 11.9 Å². The van der Waals surface area contributed by atoms with Gasteiger partial charge in [-0.1, -0.05) is 19.8 Å². The Morgan fingerprint density at radius 1 is 1.43 bits per heavy atom. The van der Waals surface area contributed by atoms with Gasteiger partial charge in [0.25, 0.3) is 0 Å². The molecule has 0 aromatic rings. The first-order chi connectivity index (χ1) is 10.0. The zero-order valence-corrected chi connectivity index (χ0v) is 12.4. The summed E-state index contributed by atoms with van der Waals surface area (Å²) in [6.07, 6.45) is 1.92. The molecule has 0 saturated carbocycles. The maximum absolute atomic E-state index is 12.2. The average molecular weight is 301 g/mol. The van der Waals surface area contributed by atoms with E-state index in [1.54, 1.807) is 0 Å². The summed E-state index contributed by atoms with van der Waals surface area (Å²) in [7, 11) is 1.48. The summed E-state index contributed by atoms with van der Waals surface area (Å²) in [4.78, 5) is 36.4. The molecule has 8 nitrogen and oxygen atoms in total. The van der Waals surface area contributed by atoms with E-state index in [2.05, 4.69) is 10.6 Å². The molecule has 0 spiro atoms. The quantitative estimate of drug-likeness (QED) is 0.629. The Labute approximate surface area is 123 Å². The Morgan fingerprint density at radius 3 is 2.71 bits per heavy atom. The van der Waals surface area contributed by atoms with Gasteiger partial charge in [-0.15, -0.1) is 0 Å². The molecule has 3 N–H and O–H groups in total. The highest BCUT2D eigenvalue weighted by atomic mass is 16.5. The lowest BCUT2D eigenvalue weighted by atomic mass is 10.1. The fraction of sp³-hybridized carbons (Fsp3) is 0.769. The van der Waals surface area contributed by atoms with E-state index in [0.717, 1.165) is 6.42 Å². The number of carboxylic acid groups (broad SMARTS) is 1. The minimum absolute atomic E-state index is 0.111. The van der Waals surface area contributed by atoms with Crippen molar-refractivity contribution in [3.05, 3.63) is 0 Å². The number of ether oxygens (including phenoxy) is 1. The molecule has 1 saturated heterocycles. The number of amides is 3. The van der Waals surface area contributed by atoms with Crippen molar-refractivity contribution >= 4 is 17.9 Å². The highest BCUT2D eigenvalue weighted by molar-refractivity contribution is 5.89. The fourth-order valence-corrected chi connectivity index (χ4v) is 2.13. The Balaban J connectivity index is 2.69. The summed E-state index contributed by atoms with van der Waals surface area (Å²) >= 11 is 0. The highest BCUT2D eigenvalue weighted by Gasteiger charge is 2.33. The molecule has 1 aliphatic rings. The van der Waals surface area contributed by atoms with Crippen LogP contribution < -0.4 is 10.6 Å². The number of nitrogens with one attached hydrogen (secondary N) is 2. The molecule has 0 aliphatic carbocycles. The molecule has 120 valence electrons. The maximum atomic E-state index is 12.2. The van der Waals surface area contributed by atoms with E-state index in [0.29, 0.717) is 19.4 Å². The molecule has 8 heteroatoms. The van der Waals surface area contributed by atoms with Crippen molar-refractivity contribution in [1.82, 2.24) is 15.5 Å². The third-order valence-corrected chi connectivity index (χ3v) is 3.38. The van der Waals surface area contributed by atoms with Crippen LogP contribution in [0.2, 0.25) is 0 Å². The zero-order valence-electron chi connectivity index (χ0n) is 12.4. The van der Waals surface area contributed by atoms with Gasteiger partial charge in [-0.25, -0.2) is 9.59 Å². The van der Waals surface area contributed by atoms with Gasteiger partial charge in [0.15, 0.2) is 0 Å². The fourth-order valence-electron chi connectivity index (χ4n) is 2.13. The largest absolute Gasteiger partial charge is 0.480 e. The molecule has 2 unspecified atom stereocenters. The van der Waals surface area contributed by atoms with Gasteiger partial charge >= 0.3 is 12.0 Å². The number of morpholine rings is 1. The summed E-state index contributed by atoms with van der Waals surface area (Å²) in [6, 6.07) is -2.22. The second-order valence-electron chi connectivity index (χ2n) is 4.88. The van der Waals surface area contributed by atoms with E-state index in [4.69, 9.17) is 9.84 Å². The van der Waals surface area contributed by atoms with Gasteiger partial charge in [0, 0.05) is 13.6 Å². The van der Waals surface area contributed by atoms with Gasteiger partial charge in [0.05, 0.1) is 13.2 Å². The standard InChI is InChI=1S/C13H23N3O5/c1-3-4-5-9(12(18)19)15-13(20)16-6-7-21-8-10(16)11(17)14-2/h9-10H,3-8H2,1-2H3,(H,14,17)(H,15,20)(H,18,19). The minimum atomic E-state index is -1.07. The van der Waals surface area contributed by atoms with E-state index >= 15 is 0 Å². The molecule has 3 amide bonds. The van der Waals surface area contributed by atoms with Crippen LogP contribution in [0.4, 0.5) is 4.79 Å². The Hall–Kier alpha value is -1.83. The number of urea groups is 1. The van der Waals surface area contributed by atoms with Crippen molar-refractivity contribution < 1.29 is 24.2 Å². The van der Waals surface area contributed by atoms with E-state index in [-0.39, 0.29) is 19.1 Å². The summed E-state index contributed by atoms with van der Waals surface area (Å²) in [6.45, 7) is 2.64. The number of carboxylic acids is 1.